The maximum Gasteiger partial charge on any atom is 0.272 e. The van der Waals surface area contributed by atoms with Gasteiger partial charge < -0.3 is 0 Å². The van der Waals surface area contributed by atoms with Crippen LogP contribution in [0.5, 0.6) is 0 Å². The average Bonchev–Trinajstić information content (AvgIpc) is 2.29. The lowest BCUT2D eigenvalue weighted by atomic mass is 10.0. The van der Waals surface area contributed by atoms with Gasteiger partial charge in [-0.1, -0.05) is 41.1 Å². The normalized spacial score (nSPS) is 12.4. The third-order valence-electron chi connectivity index (χ3n) is 2.59. The van der Waals surface area contributed by atoms with E-state index < -0.39 is 0 Å². The molecule has 0 N–H and O–H groups in total. The number of hydrogen-bond acceptors (Lipinski definition) is 2. The second kappa shape index (κ2) is 6.63. The van der Waals surface area contributed by atoms with Gasteiger partial charge in [0.25, 0.3) is 5.69 Å². The Balaban J connectivity index is 2.56. The summed E-state index contributed by atoms with van der Waals surface area (Å²) in [7, 11) is 0. The number of para-hydroxylation sites is 1. The molecule has 0 bridgehead atoms. The van der Waals surface area contributed by atoms with Crippen molar-refractivity contribution in [1.82, 2.24) is 0 Å². The zero-order valence-electron chi connectivity index (χ0n) is 9.36. The summed E-state index contributed by atoms with van der Waals surface area (Å²) < 4.78 is 0. The van der Waals surface area contributed by atoms with Crippen molar-refractivity contribution in [3.8, 4) is 0 Å². The third-order valence-corrected chi connectivity index (χ3v) is 3.70. The van der Waals surface area contributed by atoms with Crippen molar-refractivity contribution >= 4 is 21.6 Å². The van der Waals surface area contributed by atoms with Crippen LogP contribution in [0.1, 0.15) is 31.7 Å². The zero-order valence-corrected chi connectivity index (χ0v) is 10.9. The van der Waals surface area contributed by atoms with E-state index in [9.17, 15) is 10.1 Å². The van der Waals surface area contributed by atoms with E-state index in [-0.39, 0.29) is 10.6 Å². The van der Waals surface area contributed by atoms with E-state index in [0.717, 1.165) is 31.2 Å². The van der Waals surface area contributed by atoms with Crippen LogP contribution < -0.4 is 0 Å². The van der Waals surface area contributed by atoms with Crippen LogP contribution in [0.2, 0.25) is 0 Å². The van der Waals surface area contributed by atoms with Gasteiger partial charge in [-0.05, 0) is 25.7 Å². The van der Waals surface area contributed by atoms with Crippen LogP contribution in [-0.2, 0) is 6.42 Å². The maximum atomic E-state index is 10.8. The molecule has 1 unspecified atom stereocenters. The van der Waals surface area contributed by atoms with Crippen LogP contribution >= 0.6 is 15.9 Å². The summed E-state index contributed by atoms with van der Waals surface area (Å²) in [6.07, 6.45) is 3.91. The number of alkyl halides is 1. The third kappa shape index (κ3) is 3.93. The minimum atomic E-state index is -0.305. The van der Waals surface area contributed by atoms with Crippen LogP contribution in [0, 0.1) is 10.1 Å². The Morgan fingerprint density at radius 2 is 2.12 bits per heavy atom. The van der Waals surface area contributed by atoms with Gasteiger partial charge in [0.1, 0.15) is 0 Å². The van der Waals surface area contributed by atoms with Crippen LogP contribution in [0.3, 0.4) is 0 Å². The molecule has 0 aliphatic heterocycles. The molecule has 1 rings (SSSR count). The fraction of sp³-hybridized carbons (Fsp3) is 0.500. The average molecular weight is 286 g/mol. The first-order valence-electron chi connectivity index (χ1n) is 5.51. The van der Waals surface area contributed by atoms with Crippen LogP contribution in [0.25, 0.3) is 0 Å². The molecule has 4 heteroatoms. The first-order chi connectivity index (χ1) is 7.65. The van der Waals surface area contributed by atoms with Gasteiger partial charge in [-0.15, -0.1) is 0 Å². The Morgan fingerprint density at radius 1 is 1.44 bits per heavy atom. The summed E-state index contributed by atoms with van der Waals surface area (Å²) >= 11 is 3.56. The van der Waals surface area contributed by atoms with E-state index in [0.29, 0.717) is 4.83 Å². The number of hydrogen-bond donors (Lipinski definition) is 0. The van der Waals surface area contributed by atoms with Gasteiger partial charge in [-0.3, -0.25) is 10.1 Å². The number of halogens is 1. The number of rotatable bonds is 6. The molecule has 0 saturated carbocycles. The summed E-state index contributed by atoms with van der Waals surface area (Å²) in [6, 6.07) is 6.98. The fourth-order valence-corrected chi connectivity index (χ4v) is 1.94. The standard InChI is InChI=1S/C12H16BrNO2/c1-2-11(13)8-5-7-10-6-3-4-9-12(10)14(15)16/h3-4,6,9,11H,2,5,7-8H2,1H3. The molecule has 1 aromatic rings. The number of benzene rings is 1. The van der Waals surface area contributed by atoms with Crippen molar-refractivity contribution in [2.75, 3.05) is 0 Å². The van der Waals surface area contributed by atoms with E-state index in [2.05, 4.69) is 22.9 Å². The fourth-order valence-electron chi connectivity index (χ4n) is 1.62. The number of nitro groups is 1. The monoisotopic (exact) mass is 285 g/mol. The van der Waals surface area contributed by atoms with Crippen LogP contribution in [-0.4, -0.2) is 9.75 Å². The Morgan fingerprint density at radius 3 is 2.75 bits per heavy atom. The summed E-state index contributed by atoms with van der Waals surface area (Å²) in [5.74, 6) is 0. The molecular formula is C12H16BrNO2. The molecule has 0 aromatic heterocycles. The topological polar surface area (TPSA) is 43.1 Å². The molecule has 88 valence electrons. The second-order valence-electron chi connectivity index (χ2n) is 3.78. The summed E-state index contributed by atoms with van der Waals surface area (Å²) in [4.78, 5) is 11.0. The van der Waals surface area contributed by atoms with Crippen LogP contribution in [0.4, 0.5) is 5.69 Å². The molecule has 0 radical (unpaired) electrons. The van der Waals surface area contributed by atoms with Gasteiger partial charge in [-0.2, -0.15) is 0 Å². The molecule has 1 atom stereocenters. The Bertz CT molecular complexity index is 355. The van der Waals surface area contributed by atoms with Gasteiger partial charge in [0.2, 0.25) is 0 Å². The Labute approximate surface area is 104 Å². The van der Waals surface area contributed by atoms with E-state index >= 15 is 0 Å². The number of nitrogens with zero attached hydrogens (tertiary/aromatic N) is 1. The highest BCUT2D eigenvalue weighted by molar-refractivity contribution is 9.09. The molecule has 0 aliphatic carbocycles. The highest BCUT2D eigenvalue weighted by atomic mass is 79.9. The molecule has 16 heavy (non-hydrogen) atoms. The molecule has 0 saturated heterocycles. The van der Waals surface area contributed by atoms with Crippen molar-refractivity contribution < 1.29 is 4.92 Å². The van der Waals surface area contributed by atoms with Gasteiger partial charge in [0, 0.05) is 16.5 Å². The number of nitro benzene ring substituents is 1. The highest BCUT2D eigenvalue weighted by Crippen LogP contribution is 2.21. The first kappa shape index (κ1) is 13.2. The lowest BCUT2D eigenvalue weighted by Gasteiger charge is -2.06. The summed E-state index contributed by atoms with van der Waals surface area (Å²) in [5.41, 5.74) is 1.08. The Kier molecular flexibility index (Phi) is 5.46. The predicted molar refractivity (Wildman–Crippen MR) is 69.0 cm³/mol. The quantitative estimate of drug-likeness (QED) is 0.449. The molecule has 1 aromatic carbocycles. The second-order valence-corrected chi connectivity index (χ2v) is 5.08. The minimum absolute atomic E-state index is 0.241. The smallest absolute Gasteiger partial charge is 0.258 e. The van der Waals surface area contributed by atoms with Gasteiger partial charge in [0.05, 0.1) is 4.92 Å². The first-order valence-corrected chi connectivity index (χ1v) is 6.43. The van der Waals surface area contributed by atoms with Gasteiger partial charge >= 0.3 is 0 Å². The molecular weight excluding hydrogens is 270 g/mol. The molecule has 3 nitrogen and oxygen atoms in total. The number of aryl methyl sites for hydroxylation is 1. The largest absolute Gasteiger partial charge is 0.272 e. The molecule has 0 spiro atoms. The van der Waals surface area contributed by atoms with Crippen molar-refractivity contribution in [2.45, 2.75) is 37.4 Å². The van der Waals surface area contributed by atoms with E-state index in [1.165, 1.54) is 0 Å². The van der Waals surface area contributed by atoms with Crippen molar-refractivity contribution in [2.24, 2.45) is 0 Å². The predicted octanol–water partition coefficient (Wildman–Crippen LogP) is 4.09. The highest BCUT2D eigenvalue weighted by Gasteiger charge is 2.12. The Hall–Kier alpha value is -0.900. The summed E-state index contributed by atoms with van der Waals surface area (Å²) in [6.45, 7) is 2.13. The lowest BCUT2D eigenvalue weighted by Crippen LogP contribution is -1.99. The SMILES string of the molecule is CCC(Br)CCCc1ccccc1[N+](=O)[O-]. The lowest BCUT2D eigenvalue weighted by molar-refractivity contribution is -0.385. The molecule has 0 aliphatic rings. The van der Waals surface area contributed by atoms with Crippen molar-refractivity contribution in [3.63, 3.8) is 0 Å². The van der Waals surface area contributed by atoms with Gasteiger partial charge in [-0.25, -0.2) is 0 Å². The molecule has 0 heterocycles. The zero-order chi connectivity index (χ0) is 12.0. The minimum Gasteiger partial charge on any atom is -0.258 e. The summed E-state index contributed by atoms with van der Waals surface area (Å²) in [5, 5.41) is 10.8. The molecule has 0 fully saturated rings. The van der Waals surface area contributed by atoms with Crippen LogP contribution in [0.15, 0.2) is 24.3 Å². The molecule has 0 amide bonds. The maximum absolute atomic E-state index is 10.8. The van der Waals surface area contributed by atoms with E-state index in [4.69, 9.17) is 0 Å². The van der Waals surface area contributed by atoms with E-state index in [1.54, 1.807) is 12.1 Å². The van der Waals surface area contributed by atoms with E-state index in [1.807, 2.05) is 12.1 Å². The van der Waals surface area contributed by atoms with Crippen molar-refractivity contribution in [3.05, 3.63) is 39.9 Å². The van der Waals surface area contributed by atoms with Crippen molar-refractivity contribution in [1.29, 1.82) is 0 Å². The van der Waals surface area contributed by atoms with Gasteiger partial charge in [0.15, 0.2) is 0 Å².